The van der Waals surface area contributed by atoms with Gasteiger partial charge >= 0.3 is 0 Å². The summed E-state index contributed by atoms with van der Waals surface area (Å²) in [6, 6.07) is 7.49. The largest absolute Gasteiger partial charge is 0.494 e. The lowest BCUT2D eigenvalue weighted by Crippen LogP contribution is -2.16. The maximum Gasteiger partial charge on any atom is 0.191 e. The van der Waals surface area contributed by atoms with Crippen molar-refractivity contribution in [1.82, 2.24) is 0 Å². The molecule has 1 N–H and O–H groups in total. The summed E-state index contributed by atoms with van der Waals surface area (Å²) in [7, 11) is 0. The van der Waals surface area contributed by atoms with E-state index in [9.17, 15) is 5.11 Å². The van der Waals surface area contributed by atoms with Crippen molar-refractivity contribution in [2.75, 3.05) is 6.61 Å². The Hall–Kier alpha value is -1.55. The highest BCUT2D eigenvalue weighted by atomic mass is 16.5. The topological polar surface area (TPSA) is 51.0 Å². The van der Waals surface area contributed by atoms with E-state index in [0.29, 0.717) is 18.9 Å². The van der Waals surface area contributed by atoms with Crippen molar-refractivity contribution in [1.29, 1.82) is 0 Å². The number of rotatable bonds is 6. The van der Waals surface area contributed by atoms with Gasteiger partial charge in [0.25, 0.3) is 0 Å². The predicted octanol–water partition coefficient (Wildman–Crippen LogP) is 3.31. The highest BCUT2D eigenvalue weighted by Crippen LogP contribution is 2.19. The number of aliphatic hydroxyl groups excluding tert-OH is 1. The van der Waals surface area contributed by atoms with E-state index in [1.807, 2.05) is 45.0 Å². The molecule has 0 saturated carbocycles. The Labute approximate surface area is 115 Å². The van der Waals surface area contributed by atoms with Gasteiger partial charge in [0.15, 0.2) is 5.90 Å². The lowest BCUT2D eigenvalue weighted by Gasteiger charge is -2.14. The summed E-state index contributed by atoms with van der Waals surface area (Å²) in [4.78, 5) is 4.42. The van der Waals surface area contributed by atoms with Gasteiger partial charge in [-0.15, -0.1) is 0 Å². The monoisotopic (exact) mass is 265 g/mol. The van der Waals surface area contributed by atoms with Gasteiger partial charge in [-0.05, 0) is 52.0 Å². The summed E-state index contributed by atoms with van der Waals surface area (Å²) >= 11 is 0. The molecule has 1 aromatic rings. The molecular weight excluding hydrogens is 242 g/mol. The third-order valence-electron chi connectivity index (χ3n) is 2.24. The first-order chi connectivity index (χ1) is 9.01. The minimum absolute atomic E-state index is 0.0418. The summed E-state index contributed by atoms with van der Waals surface area (Å²) < 4.78 is 11.0. The molecule has 106 valence electrons. The zero-order chi connectivity index (χ0) is 14.3. The standard InChI is InChI=1S/C15H23NO3/c1-5-18-14-8-6-13(7-9-14)16-15(10-12(4)17)19-11(2)3/h6-9,11-12,17H,5,10H2,1-4H3/b16-15-. The third-order valence-corrected chi connectivity index (χ3v) is 2.24. The van der Waals surface area contributed by atoms with Crippen LogP contribution >= 0.6 is 0 Å². The number of aliphatic hydroxyl groups is 1. The molecule has 1 unspecified atom stereocenters. The molecule has 0 aromatic heterocycles. The summed E-state index contributed by atoms with van der Waals surface area (Å²) in [6.45, 7) is 8.19. The van der Waals surface area contributed by atoms with Gasteiger partial charge in [-0.2, -0.15) is 0 Å². The van der Waals surface area contributed by atoms with E-state index in [0.717, 1.165) is 11.4 Å². The Kier molecular flexibility index (Phi) is 6.36. The Morgan fingerprint density at radius 3 is 2.32 bits per heavy atom. The molecule has 0 aliphatic heterocycles. The lowest BCUT2D eigenvalue weighted by molar-refractivity contribution is 0.173. The van der Waals surface area contributed by atoms with Crippen molar-refractivity contribution in [3.05, 3.63) is 24.3 Å². The van der Waals surface area contributed by atoms with Crippen LogP contribution in [0.1, 0.15) is 34.1 Å². The molecule has 0 aliphatic rings. The van der Waals surface area contributed by atoms with E-state index in [4.69, 9.17) is 9.47 Å². The second kappa shape index (κ2) is 7.79. The zero-order valence-corrected chi connectivity index (χ0v) is 12.1. The highest BCUT2D eigenvalue weighted by molar-refractivity contribution is 5.79. The Morgan fingerprint density at radius 1 is 1.21 bits per heavy atom. The number of hydrogen-bond donors (Lipinski definition) is 1. The van der Waals surface area contributed by atoms with Gasteiger partial charge in [-0.25, -0.2) is 4.99 Å². The molecule has 19 heavy (non-hydrogen) atoms. The van der Waals surface area contributed by atoms with Crippen LogP contribution in [-0.2, 0) is 4.74 Å². The number of hydrogen-bond acceptors (Lipinski definition) is 4. The lowest BCUT2D eigenvalue weighted by atomic mass is 10.2. The molecule has 0 spiro atoms. The molecule has 1 rings (SSSR count). The molecule has 0 heterocycles. The van der Waals surface area contributed by atoms with E-state index in [1.165, 1.54) is 0 Å². The average molecular weight is 265 g/mol. The van der Waals surface area contributed by atoms with Crippen LogP contribution in [-0.4, -0.2) is 29.8 Å². The van der Waals surface area contributed by atoms with Crippen LogP contribution in [0.4, 0.5) is 5.69 Å². The molecular formula is C15H23NO3. The van der Waals surface area contributed by atoms with Crippen molar-refractivity contribution < 1.29 is 14.6 Å². The number of aliphatic imine (C=N–C) groups is 1. The van der Waals surface area contributed by atoms with E-state index < -0.39 is 6.10 Å². The molecule has 1 atom stereocenters. The smallest absolute Gasteiger partial charge is 0.191 e. The van der Waals surface area contributed by atoms with Gasteiger partial charge in [0.2, 0.25) is 0 Å². The Morgan fingerprint density at radius 2 is 1.84 bits per heavy atom. The van der Waals surface area contributed by atoms with Gasteiger partial charge in [-0.1, -0.05) is 0 Å². The first-order valence-electron chi connectivity index (χ1n) is 6.66. The van der Waals surface area contributed by atoms with E-state index >= 15 is 0 Å². The third kappa shape index (κ3) is 6.25. The fourth-order valence-corrected chi connectivity index (χ4v) is 1.57. The summed E-state index contributed by atoms with van der Waals surface area (Å²) in [5.74, 6) is 1.37. The number of nitrogens with zero attached hydrogens (tertiary/aromatic N) is 1. The van der Waals surface area contributed by atoms with E-state index in [2.05, 4.69) is 4.99 Å². The van der Waals surface area contributed by atoms with Crippen LogP contribution in [0, 0.1) is 0 Å². The maximum atomic E-state index is 9.45. The van der Waals surface area contributed by atoms with Crippen LogP contribution in [0.5, 0.6) is 5.75 Å². The second-order valence-electron chi connectivity index (χ2n) is 4.65. The van der Waals surface area contributed by atoms with Gasteiger partial charge in [0.1, 0.15) is 5.75 Å². The highest BCUT2D eigenvalue weighted by Gasteiger charge is 2.08. The van der Waals surface area contributed by atoms with E-state index in [-0.39, 0.29) is 6.10 Å². The van der Waals surface area contributed by atoms with Crippen molar-refractivity contribution in [3.63, 3.8) is 0 Å². The van der Waals surface area contributed by atoms with E-state index in [1.54, 1.807) is 6.92 Å². The first kappa shape index (κ1) is 15.5. The van der Waals surface area contributed by atoms with Crippen molar-refractivity contribution >= 4 is 11.6 Å². The van der Waals surface area contributed by atoms with Crippen molar-refractivity contribution in [2.24, 2.45) is 4.99 Å². The Balaban J connectivity index is 2.81. The van der Waals surface area contributed by atoms with Crippen LogP contribution < -0.4 is 4.74 Å². The molecule has 4 nitrogen and oxygen atoms in total. The van der Waals surface area contributed by atoms with Crippen LogP contribution in [0.3, 0.4) is 0 Å². The Bertz CT molecular complexity index is 384. The number of benzene rings is 1. The average Bonchev–Trinajstić information content (AvgIpc) is 2.30. The van der Waals surface area contributed by atoms with Gasteiger partial charge < -0.3 is 14.6 Å². The molecule has 1 aromatic carbocycles. The molecule has 0 radical (unpaired) electrons. The SMILES string of the molecule is CCOc1ccc(/N=C(/CC(C)O)OC(C)C)cc1. The first-order valence-corrected chi connectivity index (χ1v) is 6.66. The van der Waals surface area contributed by atoms with Crippen molar-refractivity contribution in [2.45, 2.75) is 46.3 Å². The zero-order valence-electron chi connectivity index (χ0n) is 12.1. The summed E-state index contributed by atoms with van der Waals surface area (Å²) in [6.07, 6.45) is -0.0221. The molecule has 4 heteroatoms. The van der Waals surface area contributed by atoms with Gasteiger partial charge in [0.05, 0.1) is 24.5 Å². The summed E-state index contributed by atoms with van der Waals surface area (Å²) in [5.41, 5.74) is 0.791. The number of ether oxygens (including phenoxy) is 2. The fourth-order valence-electron chi connectivity index (χ4n) is 1.57. The molecule has 0 fully saturated rings. The van der Waals surface area contributed by atoms with Crippen LogP contribution in [0.25, 0.3) is 0 Å². The van der Waals surface area contributed by atoms with Gasteiger partial charge in [0, 0.05) is 6.42 Å². The predicted molar refractivity (Wildman–Crippen MR) is 77.2 cm³/mol. The quantitative estimate of drug-likeness (QED) is 0.634. The summed E-state index contributed by atoms with van der Waals surface area (Å²) in [5, 5.41) is 9.45. The maximum absolute atomic E-state index is 9.45. The second-order valence-corrected chi connectivity index (χ2v) is 4.65. The van der Waals surface area contributed by atoms with Crippen molar-refractivity contribution in [3.8, 4) is 5.75 Å². The normalized spacial score (nSPS) is 13.5. The molecule has 0 amide bonds. The fraction of sp³-hybridized carbons (Fsp3) is 0.533. The minimum atomic E-state index is -0.472. The molecule has 0 aliphatic carbocycles. The van der Waals surface area contributed by atoms with Crippen LogP contribution in [0.2, 0.25) is 0 Å². The minimum Gasteiger partial charge on any atom is -0.494 e. The molecule has 0 bridgehead atoms. The van der Waals surface area contributed by atoms with Crippen LogP contribution in [0.15, 0.2) is 29.3 Å². The molecule has 0 saturated heterocycles. The van der Waals surface area contributed by atoms with Gasteiger partial charge in [-0.3, -0.25) is 0 Å².